The third-order valence-electron chi connectivity index (χ3n) is 4.30. The highest BCUT2D eigenvalue weighted by Gasteiger charge is 2.05. The summed E-state index contributed by atoms with van der Waals surface area (Å²) in [7, 11) is 1.70. The maximum atomic E-state index is 5.39. The van der Waals surface area contributed by atoms with Crippen LogP contribution < -0.4 is 15.4 Å². The Hall–Kier alpha value is -1.81. The molecule has 1 atom stereocenters. The number of aromatic nitrogens is 1. The number of methoxy groups -OCH3 is 1. The molecule has 0 bridgehead atoms. The number of nitrogens with zero attached hydrogens (tertiary/aromatic N) is 1. The van der Waals surface area contributed by atoms with E-state index < -0.39 is 0 Å². The van der Waals surface area contributed by atoms with Gasteiger partial charge in [-0.2, -0.15) is 0 Å². The number of anilines is 1. The Balaban J connectivity index is 1.75. The molecule has 0 aliphatic carbocycles. The fourth-order valence-electron chi connectivity index (χ4n) is 2.95. The van der Waals surface area contributed by atoms with E-state index in [0.29, 0.717) is 6.04 Å². The van der Waals surface area contributed by atoms with Gasteiger partial charge in [0.1, 0.15) is 5.75 Å². The predicted octanol–water partition coefficient (Wildman–Crippen LogP) is 4.60. The van der Waals surface area contributed by atoms with Crippen molar-refractivity contribution < 1.29 is 4.74 Å². The molecule has 0 fully saturated rings. The first kappa shape index (κ1) is 18.5. The smallest absolute Gasteiger partial charge is 0.121 e. The molecule has 132 valence electrons. The van der Waals surface area contributed by atoms with Crippen LogP contribution in [0, 0.1) is 0 Å². The second kappa shape index (κ2) is 10.1. The van der Waals surface area contributed by atoms with Crippen molar-refractivity contribution in [2.75, 3.05) is 25.5 Å². The Kier molecular flexibility index (Phi) is 7.83. The van der Waals surface area contributed by atoms with Crippen molar-refractivity contribution in [3.05, 3.63) is 30.5 Å². The number of nitrogens with one attached hydrogen (secondary N) is 2. The molecule has 0 saturated carbocycles. The van der Waals surface area contributed by atoms with Crippen molar-refractivity contribution in [2.45, 2.75) is 52.0 Å². The summed E-state index contributed by atoms with van der Waals surface area (Å²) in [6.07, 6.45) is 7.97. The first-order valence-corrected chi connectivity index (χ1v) is 9.14. The first-order valence-electron chi connectivity index (χ1n) is 9.14. The molecule has 1 heterocycles. The minimum Gasteiger partial charge on any atom is -0.497 e. The molecule has 24 heavy (non-hydrogen) atoms. The lowest BCUT2D eigenvalue weighted by Crippen LogP contribution is -2.26. The molecule has 0 radical (unpaired) electrons. The summed E-state index contributed by atoms with van der Waals surface area (Å²) in [5, 5.41) is 8.21. The second-order valence-electron chi connectivity index (χ2n) is 6.38. The van der Waals surface area contributed by atoms with Crippen molar-refractivity contribution in [1.29, 1.82) is 0 Å². The van der Waals surface area contributed by atoms with Crippen molar-refractivity contribution in [1.82, 2.24) is 10.3 Å². The molecule has 2 rings (SSSR count). The van der Waals surface area contributed by atoms with Crippen molar-refractivity contribution in [2.24, 2.45) is 0 Å². The van der Waals surface area contributed by atoms with Crippen LogP contribution in [0.2, 0.25) is 0 Å². The highest BCUT2D eigenvalue weighted by molar-refractivity contribution is 5.91. The van der Waals surface area contributed by atoms with Gasteiger partial charge in [0, 0.05) is 30.2 Å². The Bertz CT molecular complexity index is 615. The number of pyridine rings is 1. The largest absolute Gasteiger partial charge is 0.497 e. The molecule has 1 aromatic carbocycles. The number of hydrogen-bond acceptors (Lipinski definition) is 4. The van der Waals surface area contributed by atoms with Crippen LogP contribution in [0.3, 0.4) is 0 Å². The molecule has 4 nitrogen and oxygen atoms in total. The summed E-state index contributed by atoms with van der Waals surface area (Å²) in [5.41, 5.74) is 2.06. The summed E-state index contributed by atoms with van der Waals surface area (Å²) in [4.78, 5) is 4.49. The average Bonchev–Trinajstić information content (AvgIpc) is 2.60. The minimum absolute atomic E-state index is 0.641. The Morgan fingerprint density at radius 3 is 2.79 bits per heavy atom. The second-order valence-corrected chi connectivity index (χ2v) is 6.38. The van der Waals surface area contributed by atoms with E-state index >= 15 is 0 Å². The van der Waals surface area contributed by atoms with E-state index in [-0.39, 0.29) is 0 Å². The molecule has 2 aromatic rings. The Labute approximate surface area is 146 Å². The highest BCUT2D eigenvalue weighted by atomic mass is 16.5. The number of hydrogen-bond donors (Lipinski definition) is 2. The van der Waals surface area contributed by atoms with E-state index in [1.807, 2.05) is 24.4 Å². The predicted molar refractivity (Wildman–Crippen MR) is 103 cm³/mol. The van der Waals surface area contributed by atoms with Crippen LogP contribution in [0.1, 0.15) is 46.0 Å². The maximum absolute atomic E-state index is 5.39. The lowest BCUT2D eigenvalue weighted by Gasteiger charge is -2.13. The van der Waals surface area contributed by atoms with Crippen molar-refractivity contribution >= 4 is 16.6 Å². The van der Waals surface area contributed by atoms with Crippen LogP contribution in [0.25, 0.3) is 10.9 Å². The summed E-state index contributed by atoms with van der Waals surface area (Å²) < 4.78 is 5.39. The van der Waals surface area contributed by atoms with Gasteiger partial charge in [0.15, 0.2) is 0 Å². The molecule has 1 aromatic heterocycles. The number of ether oxygens (including phenoxy) is 1. The summed E-state index contributed by atoms with van der Waals surface area (Å²) in [5.74, 6) is 0.868. The van der Waals surface area contributed by atoms with Gasteiger partial charge in [0.25, 0.3) is 0 Å². The number of unbranched alkanes of at least 4 members (excludes halogenated alkanes) is 2. The van der Waals surface area contributed by atoms with Crippen LogP contribution in [-0.2, 0) is 0 Å². The molecular formula is C20H31N3O. The van der Waals surface area contributed by atoms with Gasteiger partial charge in [-0.15, -0.1) is 0 Å². The van der Waals surface area contributed by atoms with Gasteiger partial charge in [-0.3, -0.25) is 4.98 Å². The van der Waals surface area contributed by atoms with Crippen LogP contribution in [0.15, 0.2) is 30.5 Å². The summed E-state index contributed by atoms with van der Waals surface area (Å²) in [6, 6.07) is 8.72. The molecule has 4 heteroatoms. The molecule has 0 amide bonds. The lowest BCUT2D eigenvalue weighted by molar-refractivity contribution is 0.415. The van der Waals surface area contributed by atoms with Crippen LogP contribution in [-0.4, -0.2) is 31.2 Å². The number of benzene rings is 1. The van der Waals surface area contributed by atoms with Gasteiger partial charge >= 0.3 is 0 Å². The van der Waals surface area contributed by atoms with Crippen LogP contribution in [0.4, 0.5) is 5.69 Å². The molecule has 0 unspecified atom stereocenters. The molecule has 0 aliphatic heterocycles. The quantitative estimate of drug-likeness (QED) is 0.591. The van der Waals surface area contributed by atoms with Crippen molar-refractivity contribution in [3.8, 4) is 5.75 Å². The molecule has 0 saturated heterocycles. The van der Waals surface area contributed by atoms with Crippen LogP contribution in [0.5, 0.6) is 5.75 Å². The van der Waals surface area contributed by atoms with E-state index in [0.717, 1.165) is 41.9 Å². The van der Waals surface area contributed by atoms with Crippen molar-refractivity contribution in [3.63, 3.8) is 0 Å². The summed E-state index contributed by atoms with van der Waals surface area (Å²) in [6.45, 7) is 6.58. The van der Waals surface area contributed by atoms with E-state index in [1.165, 1.54) is 25.7 Å². The van der Waals surface area contributed by atoms with E-state index in [4.69, 9.17) is 4.74 Å². The van der Waals surface area contributed by atoms with Gasteiger partial charge in [0.05, 0.1) is 18.3 Å². The average molecular weight is 329 g/mol. The fourth-order valence-corrected chi connectivity index (χ4v) is 2.95. The topological polar surface area (TPSA) is 46.2 Å². The molecule has 0 aliphatic rings. The third-order valence-corrected chi connectivity index (χ3v) is 4.30. The van der Waals surface area contributed by atoms with Gasteiger partial charge in [-0.05, 0) is 44.9 Å². The molecular weight excluding hydrogens is 298 g/mol. The van der Waals surface area contributed by atoms with Gasteiger partial charge < -0.3 is 15.4 Å². The zero-order chi connectivity index (χ0) is 17.2. The molecule has 2 N–H and O–H groups in total. The van der Waals surface area contributed by atoms with Gasteiger partial charge in [0.2, 0.25) is 0 Å². The zero-order valence-electron chi connectivity index (χ0n) is 15.3. The maximum Gasteiger partial charge on any atom is 0.121 e. The first-order chi connectivity index (χ1) is 11.7. The number of fused-ring (bicyclic) bond motifs is 1. The zero-order valence-corrected chi connectivity index (χ0v) is 15.3. The lowest BCUT2D eigenvalue weighted by atomic mass is 10.1. The molecule has 0 spiro atoms. The van der Waals surface area contributed by atoms with E-state index in [1.54, 1.807) is 7.11 Å². The Morgan fingerprint density at radius 2 is 2.00 bits per heavy atom. The summed E-state index contributed by atoms with van der Waals surface area (Å²) >= 11 is 0. The third kappa shape index (κ3) is 5.68. The van der Waals surface area contributed by atoms with Crippen LogP contribution >= 0.6 is 0 Å². The normalized spacial score (nSPS) is 12.3. The van der Waals surface area contributed by atoms with Gasteiger partial charge in [-0.1, -0.05) is 25.8 Å². The van der Waals surface area contributed by atoms with E-state index in [2.05, 4.69) is 35.5 Å². The minimum atomic E-state index is 0.641. The van der Waals surface area contributed by atoms with E-state index in [9.17, 15) is 0 Å². The SMILES string of the molecule is CCC[C@@H](C)NCCCCCNc1cc(OC)cc2cccnc12. The Morgan fingerprint density at radius 1 is 1.17 bits per heavy atom. The fraction of sp³-hybridized carbons (Fsp3) is 0.550. The monoisotopic (exact) mass is 329 g/mol. The highest BCUT2D eigenvalue weighted by Crippen LogP contribution is 2.27. The van der Waals surface area contributed by atoms with Gasteiger partial charge in [-0.25, -0.2) is 0 Å². The standard InChI is InChI=1S/C20H31N3O/c1-4-9-16(2)21-11-6-5-7-12-22-19-15-18(24-3)14-17-10-8-13-23-20(17)19/h8,10,13-16,21-22H,4-7,9,11-12H2,1-3H3/t16-/m1/s1. The number of rotatable bonds is 11.